The van der Waals surface area contributed by atoms with Crippen LogP contribution >= 0.6 is 45.2 Å². The first-order chi connectivity index (χ1) is 15.8. The molecule has 186 valence electrons. The SMILES string of the molecule is CC(C)(C)N1CC(N(C(=O)O)C2CN(c3cc(F)c(C4CCC(=O)NC4=O)c(F)c3)C2I)C1I. The third kappa shape index (κ3) is 4.49. The van der Waals surface area contributed by atoms with Gasteiger partial charge >= 0.3 is 6.09 Å². The minimum atomic E-state index is -1.06. The summed E-state index contributed by atoms with van der Waals surface area (Å²) in [6, 6.07) is 1.88. The number of alkyl halides is 2. The van der Waals surface area contributed by atoms with Gasteiger partial charge in [0.15, 0.2) is 0 Å². The van der Waals surface area contributed by atoms with Crippen LogP contribution in [0, 0.1) is 11.6 Å². The molecule has 8 nitrogen and oxygen atoms in total. The molecule has 3 aliphatic heterocycles. The van der Waals surface area contributed by atoms with Gasteiger partial charge in [0.25, 0.3) is 0 Å². The summed E-state index contributed by atoms with van der Waals surface area (Å²) >= 11 is 4.39. The van der Waals surface area contributed by atoms with E-state index in [2.05, 4.69) is 76.2 Å². The number of hydrogen-bond acceptors (Lipinski definition) is 5. The van der Waals surface area contributed by atoms with Crippen LogP contribution in [0.15, 0.2) is 12.1 Å². The van der Waals surface area contributed by atoms with E-state index in [1.807, 2.05) is 0 Å². The highest BCUT2D eigenvalue weighted by Gasteiger charge is 2.53. The van der Waals surface area contributed by atoms with Crippen molar-refractivity contribution in [1.29, 1.82) is 0 Å². The fourth-order valence-corrected chi connectivity index (χ4v) is 7.58. The van der Waals surface area contributed by atoms with Crippen LogP contribution < -0.4 is 10.2 Å². The first-order valence-corrected chi connectivity index (χ1v) is 13.5. The van der Waals surface area contributed by atoms with Gasteiger partial charge in [-0.05, 0) is 39.3 Å². The molecule has 5 unspecified atom stereocenters. The minimum Gasteiger partial charge on any atom is -0.465 e. The summed E-state index contributed by atoms with van der Waals surface area (Å²) in [6.07, 6.45) is -0.925. The lowest BCUT2D eigenvalue weighted by atomic mass is 9.89. The van der Waals surface area contributed by atoms with E-state index < -0.39 is 35.5 Å². The molecule has 0 saturated carbocycles. The molecule has 4 rings (SSSR count). The van der Waals surface area contributed by atoms with E-state index in [0.29, 0.717) is 18.8 Å². The quantitative estimate of drug-likeness (QED) is 0.216. The molecule has 0 spiro atoms. The number of likely N-dealkylation sites (tertiary alicyclic amines) is 1. The van der Waals surface area contributed by atoms with Gasteiger partial charge in [-0.25, -0.2) is 13.6 Å². The highest BCUT2D eigenvalue weighted by atomic mass is 127. The van der Waals surface area contributed by atoms with Crippen molar-refractivity contribution in [2.45, 2.75) is 65.3 Å². The number of halogens is 4. The van der Waals surface area contributed by atoms with Gasteiger partial charge in [-0.15, -0.1) is 0 Å². The number of nitrogens with zero attached hydrogens (tertiary/aromatic N) is 3. The van der Waals surface area contributed by atoms with Crippen LogP contribution in [0.4, 0.5) is 19.3 Å². The van der Waals surface area contributed by atoms with Gasteiger partial charge in [0.05, 0.1) is 22.1 Å². The van der Waals surface area contributed by atoms with Crippen LogP contribution in [-0.2, 0) is 9.59 Å². The molecule has 1 aromatic rings. The summed E-state index contributed by atoms with van der Waals surface area (Å²) in [7, 11) is 0. The number of imide groups is 1. The van der Waals surface area contributed by atoms with Gasteiger partial charge in [0.1, 0.15) is 15.7 Å². The van der Waals surface area contributed by atoms with Gasteiger partial charge in [-0.2, -0.15) is 0 Å². The fourth-order valence-electron chi connectivity index (χ4n) is 4.82. The van der Waals surface area contributed by atoms with Crippen LogP contribution in [-0.4, -0.2) is 71.6 Å². The zero-order valence-corrected chi connectivity index (χ0v) is 23.2. The zero-order valence-electron chi connectivity index (χ0n) is 18.9. The maximum absolute atomic E-state index is 15.0. The largest absolute Gasteiger partial charge is 0.465 e. The highest BCUT2D eigenvalue weighted by molar-refractivity contribution is 14.1. The van der Waals surface area contributed by atoms with Gasteiger partial charge in [-0.3, -0.25) is 24.7 Å². The molecule has 0 radical (unpaired) electrons. The number of carboxylic acid groups (broad SMARTS) is 1. The van der Waals surface area contributed by atoms with E-state index in [9.17, 15) is 28.3 Å². The Bertz CT molecular complexity index is 1010. The summed E-state index contributed by atoms with van der Waals surface area (Å²) < 4.78 is 29.6. The maximum atomic E-state index is 15.0. The monoisotopic (exact) mass is 702 g/mol. The van der Waals surface area contributed by atoms with E-state index in [1.54, 1.807) is 4.90 Å². The first-order valence-electron chi connectivity index (χ1n) is 11.0. The molecule has 5 atom stereocenters. The molecule has 3 saturated heterocycles. The van der Waals surface area contributed by atoms with Crippen molar-refractivity contribution in [3.05, 3.63) is 29.3 Å². The van der Waals surface area contributed by atoms with Crippen molar-refractivity contribution in [2.24, 2.45) is 0 Å². The zero-order chi connectivity index (χ0) is 25.1. The van der Waals surface area contributed by atoms with Crippen LogP contribution in [0.5, 0.6) is 0 Å². The Kier molecular flexibility index (Phi) is 7.05. The fraction of sp³-hybridized carbons (Fsp3) is 0.591. The van der Waals surface area contributed by atoms with Crippen molar-refractivity contribution in [2.75, 3.05) is 18.0 Å². The van der Waals surface area contributed by atoms with Gasteiger partial charge in [-0.1, -0.05) is 45.2 Å². The Morgan fingerprint density at radius 3 is 2.18 bits per heavy atom. The number of rotatable bonds is 4. The predicted octanol–water partition coefficient (Wildman–Crippen LogP) is 3.66. The number of amides is 3. The lowest BCUT2D eigenvalue weighted by Gasteiger charge is -2.59. The van der Waals surface area contributed by atoms with Crippen LogP contribution in [0.3, 0.4) is 0 Å². The molecule has 3 heterocycles. The van der Waals surface area contributed by atoms with E-state index in [4.69, 9.17) is 0 Å². The molecule has 3 amide bonds. The van der Waals surface area contributed by atoms with Crippen molar-refractivity contribution < 1.29 is 28.3 Å². The second-order valence-corrected chi connectivity index (χ2v) is 12.4. The molecule has 0 aromatic heterocycles. The third-order valence-corrected chi connectivity index (χ3v) is 9.78. The number of carbonyl (C=O) groups excluding carboxylic acids is 2. The number of nitrogens with one attached hydrogen (secondary N) is 1. The van der Waals surface area contributed by atoms with E-state index >= 15 is 0 Å². The molecule has 0 aliphatic carbocycles. The highest BCUT2D eigenvalue weighted by Crippen LogP contribution is 2.42. The van der Waals surface area contributed by atoms with Crippen LogP contribution in [0.2, 0.25) is 0 Å². The standard InChI is InChI=1S/C22H26F2I2N4O4/c1-22(2,3)29-9-15(19(29)26)30(21(33)34)14-8-28(18(14)25)10-6-12(23)17(13(24)7-10)11-4-5-16(31)27-20(11)32/h6-7,11,14-15,18-19H,4-5,8-9H2,1-3H3,(H,33,34)(H,27,31,32). The summed E-state index contributed by atoms with van der Waals surface area (Å²) in [4.78, 5) is 41.1. The van der Waals surface area contributed by atoms with Crippen molar-refractivity contribution in [3.8, 4) is 0 Å². The van der Waals surface area contributed by atoms with Crippen LogP contribution in [0.25, 0.3) is 0 Å². The topological polar surface area (TPSA) is 93.2 Å². The molecule has 3 fully saturated rings. The molecular weight excluding hydrogens is 676 g/mol. The molecule has 12 heteroatoms. The van der Waals surface area contributed by atoms with Gasteiger partial charge in [0.2, 0.25) is 11.8 Å². The third-order valence-electron chi connectivity index (χ3n) is 6.78. The van der Waals surface area contributed by atoms with E-state index in [-0.39, 0.29) is 44.1 Å². The molecular formula is C22H26F2I2N4O4. The second-order valence-electron chi connectivity index (χ2n) is 9.87. The summed E-state index contributed by atoms with van der Waals surface area (Å²) in [5, 5.41) is 12.1. The Balaban J connectivity index is 1.49. The Morgan fingerprint density at radius 2 is 1.71 bits per heavy atom. The minimum absolute atomic E-state index is 0.0251. The Labute approximate surface area is 223 Å². The number of benzene rings is 1. The molecule has 1 aromatic carbocycles. The van der Waals surface area contributed by atoms with Crippen molar-refractivity contribution >= 4 is 68.8 Å². The van der Waals surface area contributed by atoms with Crippen molar-refractivity contribution in [1.82, 2.24) is 15.1 Å². The summed E-state index contributed by atoms with van der Waals surface area (Å²) in [5.41, 5.74) is -0.114. The predicted molar refractivity (Wildman–Crippen MR) is 138 cm³/mol. The summed E-state index contributed by atoms with van der Waals surface area (Å²) in [5.74, 6) is -3.91. The molecule has 0 bridgehead atoms. The van der Waals surface area contributed by atoms with E-state index in [1.165, 1.54) is 17.0 Å². The molecule has 34 heavy (non-hydrogen) atoms. The Hall–Kier alpha value is -1.29. The Morgan fingerprint density at radius 1 is 1.12 bits per heavy atom. The van der Waals surface area contributed by atoms with Crippen molar-refractivity contribution in [3.63, 3.8) is 0 Å². The molecule has 3 aliphatic rings. The van der Waals surface area contributed by atoms with Crippen LogP contribution in [0.1, 0.15) is 45.1 Å². The number of anilines is 1. The average Bonchev–Trinajstić information content (AvgIpc) is 2.70. The molecule has 2 N–H and O–H groups in total. The van der Waals surface area contributed by atoms with Gasteiger partial charge < -0.3 is 10.0 Å². The number of carbonyl (C=O) groups is 3. The summed E-state index contributed by atoms with van der Waals surface area (Å²) in [6.45, 7) is 7.22. The van der Waals surface area contributed by atoms with E-state index in [0.717, 1.165) is 0 Å². The average molecular weight is 702 g/mol. The van der Waals surface area contributed by atoms with Gasteiger partial charge in [0, 0.05) is 36.3 Å². The number of piperidine rings is 1. The number of hydrogen-bond donors (Lipinski definition) is 2. The normalized spacial score (nSPS) is 29.9. The second kappa shape index (κ2) is 9.30. The maximum Gasteiger partial charge on any atom is 0.408 e. The smallest absolute Gasteiger partial charge is 0.408 e. The first kappa shape index (κ1) is 25.8. The lowest BCUT2D eigenvalue weighted by Crippen LogP contribution is -2.76. The lowest BCUT2D eigenvalue weighted by molar-refractivity contribution is -0.134.